The van der Waals surface area contributed by atoms with Crippen molar-refractivity contribution in [3.8, 4) is 0 Å². The fourth-order valence-corrected chi connectivity index (χ4v) is 2.79. The van der Waals surface area contributed by atoms with Crippen LogP contribution in [-0.2, 0) is 6.42 Å². The summed E-state index contributed by atoms with van der Waals surface area (Å²) in [4.78, 5) is 0. The second-order valence-electron chi connectivity index (χ2n) is 5.69. The molecule has 0 bridgehead atoms. The molecule has 0 heteroatoms. The van der Waals surface area contributed by atoms with Gasteiger partial charge >= 0.3 is 0 Å². The molecule has 0 radical (unpaired) electrons. The molecule has 2 aromatic rings. The van der Waals surface area contributed by atoms with Gasteiger partial charge in [0.05, 0.1) is 0 Å². The summed E-state index contributed by atoms with van der Waals surface area (Å²) in [6.45, 7) is 4.48. The molecular formula is C19H20. The Bertz CT molecular complexity index is 588. The molecule has 19 heavy (non-hydrogen) atoms. The van der Waals surface area contributed by atoms with E-state index in [-0.39, 0.29) is 0 Å². The van der Waals surface area contributed by atoms with Crippen LogP contribution in [0.5, 0.6) is 0 Å². The van der Waals surface area contributed by atoms with Crippen molar-refractivity contribution in [3.63, 3.8) is 0 Å². The maximum atomic E-state index is 2.33. The molecule has 96 valence electrons. The lowest BCUT2D eigenvalue weighted by atomic mass is 9.92. The highest BCUT2D eigenvalue weighted by molar-refractivity contribution is 5.62. The molecule has 1 atom stereocenters. The van der Waals surface area contributed by atoms with Crippen LogP contribution in [0.2, 0.25) is 0 Å². The van der Waals surface area contributed by atoms with E-state index in [2.05, 4.69) is 74.5 Å². The van der Waals surface area contributed by atoms with E-state index in [1.165, 1.54) is 22.3 Å². The summed E-state index contributed by atoms with van der Waals surface area (Å²) >= 11 is 0. The van der Waals surface area contributed by atoms with Crippen molar-refractivity contribution >= 4 is 6.08 Å². The molecule has 3 rings (SSSR count). The summed E-state index contributed by atoms with van der Waals surface area (Å²) < 4.78 is 0. The van der Waals surface area contributed by atoms with Crippen LogP contribution in [0.1, 0.15) is 47.9 Å². The van der Waals surface area contributed by atoms with Crippen LogP contribution in [0.3, 0.4) is 0 Å². The van der Waals surface area contributed by atoms with E-state index in [4.69, 9.17) is 0 Å². The first kappa shape index (κ1) is 12.2. The first-order chi connectivity index (χ1) is 9.24. The van der Waals surface area contributed by atoms with E-state index in [1.54, 1.807) is 0 Å². The van der Waals surface area contributed by atoms with Crippen LogP contribution < -0.4 is 0 Å². The van der Waals surface area contributed by atoms with Crippen LogP contribution in [-0.4, -0.2) is 0 Å². The van der Waals surface area contributed by atoms with Crippen LogP contribution in [0.15, 0.2) is 54.6 Å². The summed E-state index contributed by atoms with van der Waals surface area (Å²) in [6, 6.07) is 17.8. The maximum absolute atomic E-state index is 2.33. The topological polar surface area (TPSA) is 0 Å². The molecular weight excluding hydrogens is 228 g/mol. The molecule has 0 amide bonds. The Morgan fingerprint density at radius 2 is 1.68 bits per heavy atom. The predicted molar refractivity (Wildman–Crippen MR) is 82.5 cm³/mol. The largest absolute Gasteiger partial charge is 0.0760 e. The summed E-state index contributed by atoms with van der Waals surface area (Å²) in [5, 5.41) is 0. The fraction of sp³-hybridized carbons (Fsp3) is 0.263. The Labute approximate surface area is 115 Å². The Morgan fingerprint density at radius 3 is 2.42 bits per heavy atom. The number of allylic oxidation sites excluding steroid dienone is 1. The third-order valence-electron chi connectivity index (χ3n) is 4.01. The van der Waals surface area contributed by atoms with Crippen molar-refractivity contribution in [2.75, 3.05) is 0 Å². The van der Waals surface area contributed by atoms with Gasteiger partial charge in [0.2, 0.25) is 0 Å². The molecule has 0 heterocycles. The molecule has 1 aliphatic rings. The number of hydrogen-bond donors (Lipinski definition) is 0. The maximum Gasteiger partial charge on any atom is 0.00676 e. The quantitative estimate of drug-likeness (QED) is 0.703. The molecule has 1 unspecified atom stereocenters. The number of hydrogen-bond acceptors (Lipinski definition) is 0. The van der Waals surface area contributed by atoms with E-state index in [0.29, 0.717) is 11.8 Å². The molecule has 0 saturated heterocycles. The highest BCUT2D eigenvalue weighted by Gasteiger charge is 2.16. The van der Waals surface area contributed by atoms with Gasteiger partial charge in [-0.2, -0.15) is 0 Å². The normalized spacial score (nSPS) is 16.9. The van der Waals surface area contributed by atoms with Gasteiger partial charge in [-0.3, -0.25) is 0 Å². The van der Waals surface area contributed by atoms with Crippen LogP contribution in [0.25, 0.3) is 6.08 Å². The van der Waals surface area contributed by atoms with Crippen molar-refractivity contribution in [1.29, 1.82) is 0 Å². The van der Waals surface area contributed by atoms with E-state index in [9.17, 15) is 0 Å². The minimum atomic E-state index is 0.543. The minimum absolute atomic E-state index is 0.543. The first-order valence-electron chi connectivity index (χ1n) is 7.10. The second-order valence-corrected chi connectivity index (χ2v) is 5.69. The minimum Gasteiger partial charge on any atom is -0.0760 e. The highest BCUT2D eigenvalue weighted by Crippen LogP contribution is 2.32. The smallest absolute Gasteiger partial charge is 0.00676 e. The summed E-state index contributed by atoms with van der Waals surface area (Å²) in [5.41, 5.74) is 5.70. The zero-order chi connectivity index (χ0) is 13.2. The highest BCUT2D eigenvalue weighted by atomic mass is 14.2. The third kappa shape index (κ3) is 2.49. The van der Waals surface area contributed by atoms with Crippen molar-refractivity contribution in [1.82, 2.24) is 0 Å². The average molecular weight is 248 g/mol. The number of fused-ring (bicyclic) bond motifs is 1. The number of rotatable bonds is 3. The lowest BCUT2D eigenvalue weighted by Gasteiger charge is -2.12. The van der Waals surface area contributed by atoms with Gasteiger partial charge in [0.1, 0.15) is 0 Å². The first-order valence-corrected chi connectivity index (χ1v) is 7.10. The van der Waals surface area contributed by atoms with Crippen molar-refractivity contribution in [3.05, 3.63) is 76.9 Å². The van der Waals surface area contributed by atoms with E-state index < -0.39 is 0 Å². The van der Waals surface area contributed by atoms with Gasteiger partial charge in [-0.25, -0.2) is 0 Å². The SMILES string of the molecule is CC(C)c1ccc(CC2C=Cc3ccccc32)cc1. The molecule has 1 aliphatic carbocycles. The molecule has 0 nitrogen and oxygen atoms in total. The molecule has 0 aromatic heterocycles. The van der Waals surface area contributed by atoms with Crippen molar-refractivity contribution in [2.24, 2.45) is 0 Å². The molecule has 0 fully saturated rings. The molecule has 0 N–H and O–H groups in total. The Hall–Kier alpha value is -1.82. The Kier molecular flexibility index (Phi) is 3.25. The van der Waals surface area contributed by atoms with Crippen molar-refractivity contribution in [2.45, 2.75) is 32.1 Å². The van der Waals surface area contributed by atoms with Crippen LogP contribution in [0.4, 0.5) is 0 Å². The lowest BCUT2D eigenvalue weighted by Crippen LogP contribution is -1.98. The zero-order valence-corrected chi connectivity index (χ0v) is 11.6. The monoisotopic (exact) mass is 248 g/mol. The molecule has 0 aliphatic heterocycles. The van der Waals surface area contributed by atoms with Gasteiger partial charge in [-0.1, -0.05) is 74.5 Å². The molecule has 0 saturated carbocycles. The van der Waals surface area contributed by atoms with Gasteiger partial charge in [0.15, 0.2) is 0 Å². The van der Waals surface area contributed by atoms with Gasteiger partial charge in [0.25, 0.3) is 0 Å². The summed E-state index contributed by atoms with van der Waals surface area (Å²) in [6.07, 6.45) is 5.69. The van der Waals surface area contributed by atoms with Gasteiger partial charge in [-0.05, 0) is 34.6 Å². The third-order valence-corrected chi connectivity index (χ3v) is 4.01. The summed E-state index contributed by atoms with van der Waals surface area (Å²) in [7, 11) is 0. The average Bonchev–Trinajstić information content (AvgIpc) is 2.83. The lowest BCUT2D eigenvalue weighted by molar-refractivity contribution is 0.839. The van der Waals surface area contributed by atoms with Crippen molar-refractivity contribution < 1.29 is 0 Å². The van der Waals surface area contributed by atoms with Gasteiger partial charge in [0, 0.05) is 5.92 Å². The van der Waals surface area contributed by atoms with E-state index in [1.807, 2.05) is 0 Å². The zero-order valence-electron chi connectivity index (χ0n) is 11.6. The Morgan fingerprint density at radius 1 is 0.947 bits per heavy atom. The Balaban J connectivity index is 1.78. The number of benzene rings is 2. The standard InChI is InChI=1S/C19H20/c1-14(2)16-9-7-15(8-10-16)13-18-12-11-17-5-3-4-6-19(17)18/h3-12,14,18H,13H2,1-2H3. The fourth-order valence-electron chi connectivity index (χ4n) is 2.79. The summed E-state index contributed by atoms with van der Waals surface area (Å²) in [5.74, 6) is 1.15. The predicted octanol–water partition coefficient (Wildman–Crippen LogP) is 5.16. The van der Waals surface area contributed by atoms with Gasteiger partial charge < -0.3 is 0 Å². The van der Waals surface area contributed by atoms with E-state index >= 15 is 0 Å². The van der Waals surface area contributed by atoms with Crippen LogP contribution >= 0.6 is 0 Å². The second kappa shape index (κ2) is 5.05. The van der Waals surface area contributed by atoms with E-state index in [0.717, 1.165) is 6.42 Å². The van der Waals surface area contributed by atoms with Crippen LogP contribution in [0, 0.1) is 0 Å². The molecule has 0 spiro atoms. The van der Waals surface area contributed by atoms with Gasteiger partial charge in [-0.15, -0.1) is 0 Å². The molecule has 2 aromatic carbocycles.